The number of hydrogen-bond acceptors (Lipinski definition) is 5. The number of piperidine rings is 1. The summed E-state index contributed by atoms with van der Waals surface area (Å²) >= 11 is 15.0. The molecule has 1 saturated heterocycles. The van der Waals surface area contributed by atoms with Crippen LogP contribution in [0.1, 0.15) is 49.3 Å². The highest BCUT2D eigenvalue weighted by molar-refractivity contribution is 7.99. The van der Waals surface area contributed by atoms with Gasteiger partial charge < -0.3 is 19.6 Å². The Morgan fingerprint density at radius 1 is 0.891 bits per heavy atom. The van der Waals surface area contributed by atoms with Gasteiger partial charge in [-0.1, -0.05) is 78.7 Å². The smallest absolute Gasteiger partial charge is 0.316 e. The number of nitrogens with zero attached hydrogens (tertiary/aromatic N) is 4. The van der Waals surface area contributed by atoms with Gasteiger partial charge in [-0.15, -0.1) is 11.8 Å². The van der Waals surface area contributed by atoms with Crippen LogP contribution in [-0.2, 0) is 30.4 Å². The van der Waals surface area contributed by atoms with Crippen molar-refractivity contribution in [2.75, 3.05) is 52.2 Å². The third-order valence-electron chi connectivity index (χ3n) is 9.78. The van der Waals surface area contributed by atoms with Gasteiger partial charge in [-0.05, 0) is 73.3 Å². The van der Waals surface area contributed by atoms with E-state index in [0.29, 0.717) is 35.1 Å². The molecule has 10 heteroatoms. The highest BCUT2D eigenvalue weighted by atomic mass is 35.5. The fourth-order valence-electron chi connectivity index (χ4n) is 6.85. The van der Waals surface area contributed by atoms with Crippen molar-refractivity contribution in [1.82, 2.24) is 14.7 Å². The molecule has 5 rings (SSSR count). The monoisotopic (exact) mass is 680 g/mol. The van der Waals surface area contributed by atoms with Crippen LogP contribution in [0.2, 0.25) is 10.0 Å². The summed E-state index contributed by atoms with van der Waals surface area (Å²) in [6.45, 7) is 4.49. The van der Waals surface area contributed by atoms with E-state index >= 15 is 0 Å². The summed E-state index contributed by atoms with van der Waals surface area (Å²) in [5.41, 5.74) is 3.17. The Morgan fingerprint density at radius 3 is 2.24 bits per heavy atom. The lowest BCUT2D eigenvalue weighted by Crippen LogP contribution is -2.58. The van der Waals surface area contributed by atoms with Gasteiger partial charge in [0.2, 0.25) is 5.91 Å². The molecule has 3 aromatic carbocycles. The molecule has 0 saturated carbocycles. The molecular weight excluding hydrogens is 639 g/mol. The van der Waals surface area contributed by atoms with E-state index in [1.54, 1.807) is 50.3 Å². The zero-order chi connectivity index (χ0) is 33.1. The Kier molecular flexibility index (Phi) is 10.7. The number of hydrogen-bond donors (Lipinski definition) is 0. The quantitative estimate of drug-likeness (QED) is 0.233. The van der Waals surface area contributed by atoms with Crippen molar-refractivity contribution < 1.29 is 14.4 Å². The lowest BCUT2D eigenvalue weighted by Gasteiger charge is -2.46. The topological polar surface area (TPSA) is 64.2 Å². The maximum Gasteiger partial charge on any atom is 0.316 e. The SMILES string of the molecule is CCC(=O)N(C)C[C@](CCN1CCC2(CC1)SCc1ccccc12)(c1ccc(Cl)c(Cl)c1)N(C)C(=O)C(=O)N(C)c1ccccc1. The van der Waals surface area contributed by atoms with Gasteiger partial charge in [-0.3, -0.25) is 14.4 Å². The van der Waals surface area contributed by atoms with Crippen LogP contribution in [0.25, 0.3) is 0 Å². The third-order valence-corrected chi connectivity index (χ3v) is 12.2. The molecule has 1 spiro atoms. The minimum absolute atomic E-state index is 0.0603. The van der Waals surface area contributed by atoms with E-state index in [0.717, 1.165) is 37.2 Å². The molecule has 0 unspecified atom stereocenters. The molecular formula is C36H42Cl2N4O3S. The summed E-state index contributed by atoms with van der Waals surface area (Å²) in [5.74, 6) is -0.354. The number of benzene rings is 3. The Balaban J connectivity index is 1.46. The molecule has 0 radical (unpaired) electrons. The molecule has 1 fully saturated rings. The molecule has 2 aliphatic heterocycles. The van der Waals surface area contributed by atoms with Gasteiger partial charge in [0, 0.05) is 56.8 Å². The molecule has 2 heterocycles. The molecule has 7 nitrogen and oxygen atoms in total. The summed E-state index contributed by atoms with van der Waals surface area (Å²) in [5, 5.41) is 0.736. The predicted octanol–water partition coefficient (Wildman–Crippen LogP) is 6.81. The average Bonchev–Trinajstić information content (AvgIpc) is 3.44. The maximum absolute atomic E-state index is 14.1. The van der Waals surface area contributed by atoms with Crippen molar-refractivity contribution in [1.29, 1.82) is 0 Å². The predicted molar refractivity (Wildman–Crippen MR) is 188 cm³/mol. The second-order valence-corrected chi connectivity index (χ2v) is 14.5. The van der Waals surface area contributed by atoms with E-state index in [4.69, 9.17) is 23.2 Å². The van der Waals surface area contributed by atoms with E-state index in [1.165, 1.54) is 20.9 Å². The molecule has 0 aliphatic carbocycles. The van der Waals surface area contributed by atoms with Crippen molar-refractivity contribution in [2.24, 2.45) is 0 Å². The first-order chi connectivity index (χ1) is 22.0. The van der Waals surface area contributed by atoms with Crippen molar-refractivity contribution in [3.05, 3.63) is 99.5 Å². The molecule has 2 aliphatic rings. The summed E-state index contributed by atoms with van der Waals surface area (Å²) in [6.07, 6.45) is 2.87. The number of amides is 3. The summed E-state index contributed by atoms with van der Waals surface area (Å²) in [7, 11) is 5.00. The standard InChI is InChI=1S/C36H42Cl2N4O3S/c1-5-32(43)39(2)25-35(27-15-16-30(37)31(38)23-27,41(4)34(45)33(44)40(3)28-12-7-6-8-13-28)17-20-42-21-18-36(19-22-42)29-14-10-9-11-26(29)24-46-36/h6-16,23H,5,17-22,24-25H2,1-4H3/t35-/m1/s1. The van der Waals surface area contributed by atoms with E-state index in [9.17, 15) is 14.4 Å². The van der Waals surface area contributed by atoms with Crippen LogP contribution < -0.4 is 4.90 Å². The number of likely N-dealkylation sites (N-methyl/N-ethyl adjacent to an activating group) is 3. The highest BCUT2D eigenvalue weighted by Crippen LogP contribution is 2.53. The van der Waals surface area contributed by atoms with Crippen LogP contribution in [0, 0.1) is 0 Å². The number of rotatable bonds is 9. The molecule has 1 atom stereocenters. The van der Waals surface area contributed by atoms with Crippen LogP contribution in [0.4, 0.5) is 5.69 Å². The number of para-hydroxylation sites is 1. The molecule has 3 aromatic rings. The van der Waals surface area contributed by atoms with Crippen LogP contribution in [0.3, 0.4) is 0 Å². The number of carbonyl (C=O) groups excluding carboxylic acids is 3. The largest absolute Gasteiger partial charge is 0.343 e. The van der Waals surface area contributed by atoms with Crippen LogP contribution in [-0.4, -0.2) is 79.7 Å². The summed E-state index contributed by atoms with van der Waals surface area (Å²) < 4.78 is 0.142. The van der Waals surface area contributed by atoms with Crippen LogP contribution in [0.15, 0.2) is 72.8 Å². The average molecular weight is 682 g/mol. The second-order valence-electron chi connectivity index (χ2n) is 12.4. The van der Waals surface area contributed by atoms with Gasteiger partial charge in [0.05, 0.1) is 15.6 Å². The highest BCUT2D eigenvalue weighted by Gasteiger charge is 2.46. The maximum atomic E-state index is 14.1. The van der Waals surface area contributed by atoms with Gasteiger partial charge in [-0.2, -0.15) is 0 Å². The Labute approximate surface area is 286 Å². The summed E-state index contributed by atoms with van der Waals surface area (Å²) in [6, 6.07) is 23.2. The molecule has 0 N–H and O–H groups in total. The number of carbonyl (C=O) groups is 3. The molecule has 0 aromatic heterocycles. The van der Waals surface area contributed by atoms with E-state index < -0.39 is 17.4 Å². The Bertz CT molecular complexity index is 1580. The number of fused-ring (bicyclic) bond motifs is 2. The lowest BCUT2D eigenvalue weighted by molar-refractivity contribution is -0.149. The van der Waals surface area contributed by atoms with Crippen molar-refractivity contribution in [2.45, 2.75) is 48.6 Å². The Morgan fingerprint density at radius 2 is 1.57 bits per heavy atom. The minimum atomic E-state index is -1.07. The van der Waals surface area contributed by atoms with Gasteiger partial charge in [0.15, 0.2) is 0 Å². The van der Waals surface area contributed by atoms with E-state index in [2.05, 4.69) is 40.9 Å². The number of likely N-dealkylation sites (tertiary alicyclic amines) is 1. The second kappa shape index (κ2) is 14.4. The minimum Gasteiger partial charge on any atom is -0.343 e. The molecule has 3 amide bonds. The van der Waals surface area contributed by atoms with Gasteiger partial charge in [0.25, 0.3) is 0 Å². The number of thioether (sulfide) groups is 1. The van der Waals surface area contributed by atoms with Crippen LogP contribution >= 0.6 is 35.0 Å². The zero-order valence-electron chi connectivity index (χ0n) is 27.0. The third kappa shape index (κ3) is 6.82. The Hall–Kier alpha value is -3.04. The van der Waals surface area contributed by atoms with E-state index in [1.807, 2.05) is 31.2 Å². The zero-order valence-corrected chi connectivity index (χ0v) is 29.3. The number of halogens is 2. The van der Waals surface area contributed by atoms with Crippen molar-refractivity contribution >= 4 is 58.4 Å². The normalized spacial score (nSPS) is 16.8. The van der Waals surface area contributed by atoms with E-state index in [-0.39, 0.29) is 17.2 Å². The lowest BCUT2D eigenvalue weighted by atomic mass is 9.82. The van der Waals surface area contributed by atoms with Gasteiger partial charge in [0.1, 0.15) is 0 Å². The molecule has 244 valence electrons. The molecule has 46 heavy (non-hydrogen) atoms. The van der Waals surface area contributed by atoms with Crippen LogP contribution in [0.5, 0.6) is 0 Å². The fourth-order valence-corrected chi connectivity index (χ4v) is 8.65. The first kappa shape index (κ1) is 34.3. The first-order valence-corrected chi connectivity index (χ1v) is 17.5. The fraction of sp³-hybridized carbons (Fsp3) is 0.417. The summed E-state index contributed by atoms with van der Waals surface area (Å²) in [4.78, 5) is 47.8. The van der Waals surface area contributed by atoms with Gasteiger partial charge >= 0.3 is 11.8 Å². The van der Waals surface area contributed by atoms with Crippen molar-refractivity contribution in [3.8, 4) is 0 Å². The van der Waals surface area contributed by atoms with Gasteiger partial charge in [-0.25, -0.2) is 0 Å². The first-order valence-electron chi connectivity index (χ1n) is 15.8. The molecule has 0 bridgehead atoms. The van der Waals surface area contributed by atoms with Crippen molar-refractivity contribution in [3.63, 3.8) is 0 Å². The number of anilines is 1.